The molecule has 2 aliphatic rings. The summed E-state index contributed by atoms with van der Waals surface area (Å²) in [4.78, 5) is 16.8. The van der Waals surface area contributed by atoms with E-state index in [-0.39, 0.29) is 17.6 Å². The molecule has 2 aliphatic heterocycles. The molecule has 0 unspecified atom stereocenters. The van der Waals surface area contributed by atoms with Crippen LogP contribution in [0.25, 0.3) is 0 Å². The minimum absolute atomic E-state index is 0.0742. The molecule has 166 valence electrons. The summed E-state index contributed by atoms with van der Waals surface area (Å²) in [6, 6.07) is 10.9. The molecule has 4 rings (SSSR count). The summed E-state index contributed by atoms with van der Waals surface area (Å²) in [5.41, 5.74) is 1.12. The van der Waals surface area contributed by atoms with Gasteiger partial charge >= 0.3 is 0 Å². The number of carbonyl (C=O) groups is 1. The smallest absolute Gasteiger partial charge is 0.241 e. The van der Waals surface area contributed by atoms with Gasteiger partial charge in [-0.05, 0) is 48.9 Å². The Labute approximate surface area is 186 Å². The van der Waals surface area contributed by atoms with Gasteiger partial charge < -0.3 is 14.4 Å². The minimum atomic E-state index is -3.81. The fraction of sp³-hybridized carbons (Fsp3) is 0.381. The minimum Gasteiger partial charge on any atom is -0.454 e. The first-order valence-electron chi connectivity index (χ1n) is 9.99. The number of nitrogens with one attached hydrogen (secondary N) is 1. The van der Waals surface area contributed by atoms with E-state index in [0.29, 0.717) is 31.2 Å². The molecule has 1 fully saturated rings. The second-order valence-electron chi connectivity index (χ2n) is 7.59. The first-order chi connectivity index (χ1) is 14.8. The third-order valence-electron chi connectivity index (χ3n) is 5.35. The van der Waals surface area contributed by atoms with Crippen LogP contribution in [0.4, 0.5) is 0 Å². The topological polar surface area (TPSA) is 88.2 Å². The van der Waals surface area contributed by atoms with Crippen molar-refractivity contribution in [3.05, 3.63) is 53.1 Å². The summed E-state index contributed by atoms with van der Waals surface area (Å²) < 4.78 is 38.3. The first-order valence-corrected chi connectivity index (χ1v) is 11.9. The average molecular weight is 466 g/mol. The lowest BCUT2D eigenvalue weighted by atomic mass is 10.1. The van der Waals surface area contributed by atoms with Gasteiger partial charge in [0.25, 0.3) is 0 Å². The maximum Gasteiger partial charge on any atom is 0.241 e. The number of sulfonamides is 1. The largest absolute Gasteiger partial charge is 0.454 e. The molecule has 2 aromatic carbocycles. The van der Waals surface area contributed by atoms with Gasteiger partial charge in [0.2, 0.25) is 22.7 Å². The molecule has 1 N–H and O–H groups in total. The molecule has 0 bridgehead atoms. The van der Waals surface area contributed by atoms with Crippen LogP contribution in [0.1, 0.15) is 12.5 Å². The Morgan fingerprint density at radius 2 is 1.74 bits per heavy atom. The Kier molecular flexibility index (Phi) is 6.38. The molecule has 8 nitrogen and oxygen atoms in total. The number of benzene rings is 2. The SMILES string of the molecule is C[C@@H](NS(=O)(=O)c1ccc(Cl)cc1)C(=O)N1CCN(Cc2ccc3c(c2)OCO3)CC1. The lowest BCUT2D eigenvalue weighted by Crippen LogP contribution is -2.53. The molecular formula is C21H24ClN3O5S. The van der Waals surface area contributed by atoms with Crippen molar-refractivity contribution in [2.75, 3.05) is 33.0 Å². The molecule has 1 atom stereocenters. The molecule has 0 saturated carbocycles. The highest BCUT2D eigenvalue weighted by molar-refractivity contribution is 7.89. The molecule has 31 heavy (non-hydrogen) atoms. The van der Waals surface area contributed by atoms with E-state index >= 15 is 0 Å². The van der Waals surface area contributed by atoms with Crippen molar-refractivity contribution in [2.24, 2.45) is 0 Å². The Bertz CT molecular complexity index is 1050. The number of hydrogen-bond donors (Lipinski definition) is 1. The summed E-state index contributed by atoms with van der Waals surface area (Å²) in [6.45, 7) is 5.05. The van der Waals surface area contributed by atoms with E-state index in [0.717, 1.165) is 23.6 Å². The van der Waals surface area contributed by atoms with E-state index in [1.54, 1.807) is 11.8 Å². The Balaban J connectivity index is 1.30. The number of ether oxygens (including phenoxy) is 2. The highest BCUT2D eigenvalue weighted by Crippen LogP contribution is 2.32. The number of nitrogens with zero attached hydrogens (tertiary/aromatic N) is 2. The van der Waals surface area contributed by atoms with Crippen LogP contribution < -0.4 is 14.2 Å². The van der Waals surface area contributed by atoms with Gasteiger partial charge in [0, 0.05) is 37.7 Å². The van der Waals surface area contributed by atoms with Crippen molar-refractivity contribution in [3.63, 3.8) is 0 Å². The van der Waals surface area contributed by atoms with Crippen molar-refractivity contribution < 1.29 is 22.7 Å². The van der Waals surface area contributed by atoms with E-state index < -0.39 is 16.1 Å². The number of rotatable bonds is 6. The predicted molar refractivity (Wildman–Crippen MR) is 116 cm³/mol. The Morgan fingerprint density at radius 1 is 1.06 bits per heavy atom. The maximum atomic E-state index is 12.8. The summed E-state index contributed by atoms with van der Waals surface area (Å²) in [5.74, 6) is 1.28. The molecule has 0 aromatic heterocycles. The summed E-state index contributed by atoms with van der Waals surface area (Å²) in [7, 11) is -3.81. The van der Waals surface area contributed by atoms with Crippen LogP contribution in [-0.2, 0) is 21.4 Å². The average Bonchev–Trinajstić information content (AvgIpc) is 3.22. The van der Waals surface area contributed by atoms with Gasteiger partial charge in [-0.3, -0.25) is 9.69 Å². The van der Waals surface area contributed by atoms with Gasteiger partial charge in [0.15, 0.2) is 11.5 Å². The number of halogens is 1. The molecule has 2 aromatic rings. The molecule has 1 amide bonds. The van der Waals surface area contributed by atoms with Gasteiger partial charge in [-0.2, -0.15) is 4.72 Å². The lowest BCUT2D eigenvalue weighted by Gasteiger charge is -2.36. The van der Waals surface area contributed by atoms with E-state index in [4.69, 9.17) is 21.1 Å². The van der Waals surface area contributed by atoms with Crippen molar-refractivity contribution in [2.45, 2.75) is 24.4 Å². The number of fused-ring (bicyclic) bond motifs is 1. The third kappa shape index (κ3) is 5.12. The zero-order valence-electron chi connectivity index (χ0n) is 17.1. The maximum absolute atomic E-state index is 12.8. The van der Waals surface area contributed by atoms with Crippen molar-refractivity contribution in [1.29, 1.82) is 0 Å². The Hall–Kier alpha value is -2.33. The van der Waals surface area contributed by atoms with E-state index in [9.17, 15) is 13.2 Å². The molecular weight excluding hydrogens is 442 g/mol. The molecule has 2 heterocycles. The van der Waals surface area contributed by atoms with E-state index in [2.05, 4.69) is 9.62 Å². The summed E-state index contributed by atoms with van der Waals surface area (Å²) in [5, 5.41) is 0.446. The van der Waals surface area contributed by atoms with Crippen LogP contribution in [0, 0.1) is 0 Å². The van der Waals surface area contributed by atoms with Crippen molar-refractivity contribution in [1.82, 2.24) is 14.5 Å². The van der Waals surface area contributed by atoms with Crippen molar-refractivity contribution >= 4 is 27.5 Å². The first kappa shape index (κ1) is 21.9. The van der Waals surface area contributed by atoms with Crippen LogP contribution in [0.2, 0.25) is 5.02 Å². The fourth-order valence-corrected chi connectivity index (χ4v) is 4.99. The van der Waals surface area contributed by atoms with Crippen LogP contribution in [0.5, 0.6) is 11.5 Å². The quantitative estimate of drug-likeness (QED) is 0.702. The zero-order valence-corrected chi connectivity index (χ0v) is 18.7. The second kappa shape index (κ2) is 9.04. The molecule has 10 heteroatoms. The normalized spacial score (nSPS) is 17.5. The van der Waals surface area contributed by atoms with Crippen molar-refractivity contribution in [3.8, 4) is 11.5 Å². The predicted octanol–water partition coefficient (Wildman–Crippen LogP) is 2.08. The number of carbonyl (C=O) groups excluding carboxylic acids is 1. The summed E-state index contributed by atoms with van der Waals surface area (Å²) in [6.07, 6.45) is 0. The van der Waals surface area contributed by atoms with Gasteiger partial charge in [-0.25, -0.2) is 8.42 Å². The third-order valence-corrected chi connectivity index (χ3v) is 7.16. The van der Waals surface area contributed by atoms with Gasteiger partial charge in [0.05, 0.1) is 10.9 Å². The molecule has 0 spiro atoms. The summed E-state index contributed by atoms with van der Waals surface area (Å²) >= 11 is 5.82. The number of piperazine rings is 1. The van der Waals surface area contributed by atoms with Gasteiger partial charge in [-0.15, -0.1) is 0 Å². The standard InChI is InChI=1S/C21H24ClN3O5S/c1-15(23-31(27,28)18-5-3-17(22)4-6-18)21(26)25-10-8-24(9-11-25)13-16-2-7-19-20(12-16)30-14-29-19/h2-7,12,15,23H,8-11,13-14H2,1H3/t15-/m1/s1. The Morgan fingerprint density at radius 3 is 2.45 bits per heavy atom. The molecule has 1 saturated heterocycles. The number of amides is 1. The lowest BCUT2D eigenvalue weighted by molar-refractivity contribution is -0.134. The van der Waals surface area contributed by atoms with Crippen LogP contribution in [0.3, 0.4) is 0 Å². The van der Waals surface area contributed by atoms with Crippen LogP contribution in [0.15, 0.2) is 47.4 Å². The second-order valence-corrected chi connectivity index (χ2v) is 9.74. The highest BCUT2D eigenvalue weighted by Gasteiger charge is 2.28. The zero-order chi connectivity index (χ0) is 22.0. The molecule has 0 radical (unpaired) electrons. The van der Waals surface area contributed by atoms with E-state index in [1.165, 1.54) is 24.3 Å². The number of hydrogen-bond acceptors (Lipinski definition) is 6. The van der Waals surface area contributed by atoms with Crippen LogP contribution >= 0.6 is 11.6 Å². The van der Waals surface area contributed by atoms with E-state index in [1.807, 2.05) is 18.2 Å². The highest BCUT2D eigenvalue weighted by atomic mass is 35.5. The molecule has 0 aliphatic carbocycles. The monoisotopic (exact) mass is 465 g/mol. The van der Waals surface area contributed by atoms with Crippen LogP contribution in [-0.4, -0.2) is 63.1 Å². The fourth-order valence-electron chi connectivity index (χ4n) is 3.66. The van der Waals surface area contributed by atoms with Gasteiger partial charge in [0.1, 0.15) is 0 Å². The van der Waals surface area contributed by atoms with Gasteiger partial charge in [-0.1, -0.05) is 17.7 Å².